The van der Waals surface area contributed by atoms with Crippen LogP contribution in [0.4, 0.5) is 5.69 Å². The third-order valence-electron chi connectivity index (χ3n) is 4.94. The van der Waals surface area contributed by atoms with Gasteiger partial charge in [-0.1, -0.05) is 11.6 Å². The predicted octanol–water partition coefficient (Wildman–Crippen LogP) is 0.423. The normalized spacial score (nSPS) is 27.8. The minimum absolute atomic E-state index is 0.212. The van der Waals surface area contributed by atoms with E-state index < -0.39 is 0 Å². The molecule has 2 bridgehead atoms. The van der Waals surface area contributed by atoms with Gasteiger partial charge in [-0.3, -0.25) is 14.6 Å². The predicted molar refractivity (Wildman–Crippen MR) is 91.0 cm³/mol. The first kappa shape index (κ1) is 15.8. The number of rotatable bonds is 3. The van der Waals surface area contributed by atoms with Crippen molar-refractivity contribution >= 4 is 23.2 Å². The number of amides is 1. The molecule has 0 saturated carbocycles. The van der Waals surface area contributed by atoms with Gasteiger partial charge < -0.3 is 20.5 Å². The molecular formula is C16H21ClN4O3. The third kappa shape index (κ3) is 2.76. The Kier molecular flexibility index (Phi) is 4.15. The zero-order chi connectivity index (χ0) is 16.7. The number of carbonyl (C=O) groups is 1. The highest BCUT2D eigenvalue weighted by atomic mass is 35.5. The van der Waals surface area contributed by atoms with Crippen LogP contribution in [-0.2, 0) is 0 Å². The van der Waals surface area contributed by atoms with Crippen LogP contribution in [-0.4, -0.2) is 74.2 Å². The zero-order valence-corrected chi connectivity index (χ0v) is 14.1. The summed E-state index contributed by atoms with van der Waals surface area (Å²) in [5.41, 5.74) is 6.61. The van der Waals surface area contributed by atoms with Crippen LogP contribution in [0.5, 0.6) is 11.5 Å². The van der Waals surface area contributed by atoms with Gasteiger partial charge in [0.25, 0.3) is 5.91 Å². The Balaban J connectivity index is 1.49. The van der Waals surface area contributed by atoms with Crippen LogP contribution in [0.1, 0.15) is 10.4 Å². The van der Waals surface area contributed by atoms with Crippen molar-refractivity contribution in [2.45, 2.75) is 6.04 Å². The molecule has 24 heavy (non-hydrogen) atoms. The van der Waals surface area contributed by atoms with Crippen molar-refractivity contribution in [3.8, 4) is 11.5 Å². The van der Waals surface area contributed by atoms with Gasteiger partial charge >= 0.3 is 0 Å². The van der Waals surface area contributed by atoms with Crippen LogP contribution in [0, 0.1) is 0 Å². The monoisotopic (exact) mass is 352 g/mol. The molecule has 0 aliphatic carbocycles. The number of benzene rings is 1. The molecule has 7 nitrogen and oxygen atoms in total. The Labute approximate surface area is 145 Å². The van der Waals surface area contributed by atoms with E-state index in [9.17, 15) is 4.79 Å². The highest BCUT2D eigenvalue weighted by Crippen LogP contribution is 2.43. The molecule has 3 saturated heterocycles. The van der Waals surface area contributed by atoms with Gasteiger partial charge in [0, 0.05) is 45.3 Å². The number of anilines is 1. The second-order valence-corrected chi connectivity index (χ2v) is 6.78. The largest absolute Gasteiger partial charge is 0.485 e. The Morgan fingerprint density at radius 3 is 2.62 bits per heavy atom. The summed E-state index contributed by atoms with van der Waals surface area (Å²) in [4.78, 5) is 17.5. The Morgan fingerprint density at radius 2 is 1.96 bits per heavy atom. The standard InChI is InChI=1S/C16H21ClN4O3/c17-12-7-11(14-15(13(12)18)24-6-5-23-14)16(22)19-8-10-9-20-1-3-21(10)4-2-20/h7,10H,1-6,8-9,18H2,(H,19,22)/t10-/m1/s1. The van der Waals surface area contributed by atoms with E-state index in [1.807, 2.05) is 0 Å². The molecule has 130 valence electrons. The number of carbonyl (C=O) groups excluding carboxylic acids is 1. The fourth-order valence-electron chi connectivity index (χ4n) is 3.59. The summed E-state index contributed by atoms with van der Waals surface area (Å²) in [5.74, 6) is 0.539. The van der Waals surface area contributed by atoms with Gasteiger partial charge in [0.05, 0.1) is 16.3 Å². The average Bonchev–Trinajstić information content (AvgIpc) is 2.64. The lowest BCUT2D eigenvalue weighted by atomic mass is 10.1. The SMILES string of the molecule is Nc1c(Cl)cc(C(=O)NC[C@@H]2CN3CCN2CC3)c2c1OCCO2. The lowest BCUT2D eigenvalue weighted by Gasteiger charge is -2.47. The van der Waals surface area contributed by atoms with E-state index in [1.165, 1.54) is 0 Å². The molecule has 0 spiro atoms. The molecule has 3 fully saturated rings. The van der Waals surface area contributed by atoms with Crippen LogP contribution in [0.25, 0.3) is 0 Å². The minimum atomic E-state index is -0.212. The minimum Gasteiger partial charge on any atom is -0.485 e. The van der Waals surface area contributed by atoms with Crippen LogP contribution in [0.3, 0.4) is 0 Å². The van der Waals surface area contributed by atoms with Gasteiger partial charge in [0.1, 0.15) is 13.2 Å². The van der Waals surface area contributed by atoms with Crippen molar-refractivity contribution in [3.05, 3.63) is 16.7 Å². The van der Waals surface area contributed by atoms with E-state index in [0.29, 0.717) is 53.6 Å². The molecule has 1 atom stereocenters. The van der Waals surface area contributed by atoms with Crippen molar-refractivity contribution in [1.29, 1.82) is 0 Å². The molecule has 4 aliphatic rings. The molecule has 0 unspecified atom stereocenters. The quantitative estimate of drug-likeness (QED) is 0.768. The van der Waals surface area contributed by atoms with E-state index in [-0.39, 0.29) is 5.91 Å². The van der Waals surface area contributed by atoms with Crippen molar-refractivity contribution in [2.75, 3.05) is 58.2 Å². The first-order valence-electron chi connectivity index (χ1n) is 8.25. The maximum absolute atomic E-state index is 12.7. The van der Waals surface area contributed by atoms with Gasteiger partial charge in [-0.2, -0.15) is 0 Å². The smallest absolute Gasteiger partial charge is 0.255 e. The van der Waals surface area contributed by atoms with Crippen LogP contribution in [0.15, 0.2) is 6.07 Å². The van der Waals surface area contributed by atoms with Crippen LogP contribution >= 0.6 is 11.6 Å². The summed E-state index contributed by atoms with van der Waals surface area (Å²) in [5, 5.41) is 3.31. The molecule has 5 rings (SSSR count). The first-order chi connectivity index (χ1) is 11.6. The number of nitrogens with two attached hydrogens (primary N) is 1. The molecule has 0 radical (unpaired) electrons. The molecule has 3 N–H and O–H groups in total. The summed E-state index contributed by atoms with van der Waals surface area (Å²) < 4.78 is 11.1. The van der Waals surface area contributed by atoms with Gasteiger partial charge in [-0.15, -0.1) is 0 Å². The molecule has 1 aromatic rings. The van der Waals surface area contributed by atoms with Gasteiger partial charge in [0.2, 0.25) is 0 Å². The second kappa shape index (κ2) is 6.31. The second-order valence-electron chi connectivity index (χ2n) is 6.38. The maximum atomic E-state index is 12.7. The maximum Gasteiger partial charge on any atom is 0.255 e. The fourth-order valence-corrected chi connectivity index (χ4v) is 3.78. The van der Waals surface area contributed by atoms with Crippen molar-refractivity contribution in [2.24, 2.45) is 0 Å². The summed E-state index contributed by atoms with van der Waals surface area (Å²) in [6, 6.07) is 1.91. The number of hydrogen-bond acceptors (Lipinski definition) is 6. The number of halogens is 1. The number of piperazine rings is 3. The molecular weight excluding hydrogens is 332 g/mol. The number of hydrogen-bond donors (Lipinski definition) is 2. The Bertz CT molecular complexity index is 661. The Hall–Kier alpha value is -1.70. The Morgan fingerprint density at radius 1 is 1.25 bits per heavy atom. The van der Waals surface area contributed by atoms with E-state index in [2.05, 4.69) is 15.1 Å². The summed E-state index contributed by atoms with van der Waals surface area (Å²) in [6.45, 7) is 6.77. The topological polar surface area (TPSA) is 80.1 Å². The number of ether oxygens (including phenoxy) is 2. The highest BCUT2D eigenvalue weighted by molar-refractivity contribution is 6.34. The summed E-state index contributed by atoms with van der Waals surface area (Å²) in [7, 11) is 0. The molecule has 1 aromatic carbocycles. The van der Waals surface area contributed by atoms with E-state index in [1.54, 1.807) is 6.07 Å². The molecule has 8 heteroatoms. The average molecular weight is 353 g/mol. The summed E-state index contributed by atoms with van der Waals surface area (Å²) in [6.07, 6.45) is 0. The van der Waals surface area contributed by atoms with Crippen molar-refractivity contribution < 1.29 is 14.3 Å². The highest BCUT2D eigenvalue weighted by Gasteiger charge is 2.32. The van der Waals surface area contributed by atoms with Gasteiger partial charge in [-0.25, -0.2) is 0 Å². The van der Waals surface area contributed by atoms with E-state index in [0.717, 1.165) is 32.7 Å². The van der Waals surface area contributed by atoms with Crippen LogP contribution in [0.2, 0.25) is 5.02 Å². The van der Waals surface area contributed by atoms with Crippen molar-refractivity contribution in [3.63, 3.8) is 0 Å². The van der Waals surface area contributed by atoms with Gasteiger partial charge in [0.15, 0.2) is 11.5 Å². The first-order valence-corrected chi connectivity index (χ1v) is 8.63. The third-order valence-corrected chi connectivity index (χ3v) is 5.25. The lowest BCUT2D eigenvalue weighted by Crippen LogP contribution is -2.63. The number of nitrogens with zero attached hydrogens (tertiary/aromatic N) is 2. The van der Waals surface area contributed by atoms with E-state index in [4.69, 9.17) is 26.8 Å². The van der Waals surface area contributed by atoms with Gasteiger partial charge in [-0.05, 0) is 6.07 Å². The van der Waals surface area contributed by atoms with E-state index >= 15 is 0 Å². The summed E-state index contributed by atoms with van der Waals surface area (Å²) >= 11 is 6.14. The number of nitrogens with one attached hydrogen (secondary N) is 1. The van der Waals surface area contributed by atoms with Crippen LogP contribution < -0.4 is 20.5 Å². The molecule has 0 aromatic heterocycles. The molecule has 4 aliphatic heterocycles. The lowest BCUT2D eigenvalue weighted by molar-refractivity contribution is 0.0138. The molecule has 1 amide bonds. The number of nitrogen functional groups attached to an aromatic ring is 1. The van der Waals surface area contributed by atoms with Crippen molar-refractivity contribution in [1.82, 2.24) is 15.1 Å². The molecule has 4 heterocycles. The fraction of sp³-hybridized carbons (Fsp3) is 0.562. The number of fused-ring (bicyclic) bond motifs is 4. The zero-order valence-electron chi connectivity index (χ0n) is 13.4.